The zero-order valence-electron chi connectivity index (χ0n) is 10.4. The van der Waals surface area contributed by atoms with E-state index in [9.17, 15) is 9.18 Å². The van der Waals surface area contributed by atoms with Crippen LogP contribution in [0.25, 0.3) is 11.1 Å². The first-order chi connectivity index (χ1) is 9.09. The summed E-state index contributed by atoms with van der Waals surface area (Å²) in [5.41, 5.74) is 9.03. The van der Waals surface area contributed by atoms with Gasteiger partial charge in [0.25, 0.3) is 0 Å². The highest BCUT2D eigenvalue weighted by Crippen LogP contribution is 2.39. The number of halogens is 1. The van der Waals surface area contributed by atoms with Gasteiger partial charge >= 0.3 is 0 Å². The highest BCUT2D eigenvalue weighted by molar-refractivity contribution is 6.04. The standard InChI is InChI=1S/C15H13FN2O/c1-18-13-8-9(16)6-7-11(13)10-4-2-3-5-12(10)14(17)15(18)19/h2-8,14H,17H2,1H3/t14-/m0/s1. The van der Waals surface area contributed by atoms with Gasteiger partial charge < -0.3 is 10.6 Å². The van der Waals surface area contributed by atoms with Crippen molar-refractivity contribution in [2.24, 2.45) is 5.73 Å². The molecule has 0 spiro atoms. The largest absolute Gasteiger partial charge is 0.316 e. The molecule has 1 amide bonds. The molecule has 2 aromatic rings. The minimum Gasteiger partial charge on any atom is -0.316 e. The van der Waals surface area contributed by atoms with Crippen LogP contribution < -0.4 is 10.6 Å². The predicted molar refractivity (Wildman–Crippen MR) is 72.2 cm³/mol. The first-order valence-corrected chi connectivity index (χ1v) is 6.01. The van der Waals surface area contributed by atoms with E-state index < -0.39 is 6.04 Å². The molecular weight excluding hydrogens is 243 g/mol. The van der Waals surface area contributed by atoms with E-state index in [0.29, 0.717) is 5.69 Å². The summed E-state index contributed by atoms with van der Waals surface area (Å²) in [7, 11) is 1.62. The van der Waals surface area contributed by atoms with E-state index >= 15 is 0 Å². The lowest BCUT2D eigenvalue weighted by Crippen LogP contribution is -2.34. The fourth-order valence-electron chi connectivity index (χ4n) is 2.48. The van der Waals surface area contributed by atoms with E-state index in [1.165, 1.54) is 17.0 Å². The fourth-order valence-corrected chi connectivity index (χ4v) is 2.48. The van der Waals surface area contributed by atoms with Gasteiger partial charge in [-0.15, -0.1) is 0 Å². The maximum Gasteiger partial charge on any atom is 0.248 e. The molecule has 0 saturated heterocycles. The van der Waals surface area contributed by atoms with Crippen molar-refractivity contribution in [1.82, 2.24) is 0 Å². The predicted octanol–water partition coefficient (Wildman–Crippen LogP) is 2.47. The number of fused-ring (bicyclic) bond motifs is 3. The van der Waals surface area contributed by atoms with E-state index in [1.807, 2.05) is 24.3 Å². The van der Waals surface area contributed by atoms with Crippen molar-refractivity contribution in [2.75, 3.05) is 11.9 Å². The fraction of sp³-hybridized carbons (Fsp3) is 0.133. The number of benzene rings is 2. The van der Waals surface area contributed by atoms with Gasteiger partial charge in [-0.25, -0.2) is 4.39 Å². The van der Waals surface area contributed by atoms with E-state index in [-0.39, 0.29) is 11.7 Å². The lowest BCUT2D eigenvalue weighted by molar-refractivity contribution is -0.119. The minimum absolute atomic E-state index is 0.239. The van der Waals surface area contributed by atoms with Gasteiger partial charge in [0.05, 0.1) is 5.69 Å². The Hall–Kier alpha value is -2.20. The maximum atomic E-state index is 13.4. The number of nitrogens with zero attached hydrogens (tertiary/aromatic N) is 1. The molecule has 1 heterocycles. The molecule has 0 fully saturated rings. The lowest BCUT2D eigenvalue weighted by Gasteiger charge is -2.19. The van der Waals surface area contributed by atoms with Crippen LogP contribution in [-0.2, 0) is 4.79 Å². The van der Waals surface area contributed by atoms with Crippen molar-refractivity contribution in [3.8, 4) is 11.1 Å². The molecule has 0 saturated carbocycles. The summed E-state index contributed by atoms with van der Waals surface area (Å²) >= 11 is 0. The molecule has 3 nitrogen and oxygen atoms in total. The number of hydrogen-bond donors (Lipinski definition) is 1. The number of likely N-dealkylation sites (N-methyl/N-ethyl adjacent to an activating group) is 1. The highest BCUT2D eigenvalue weighted by atomic mass is 19.1. The van der Waals surface area contributed by atoms with E-state index in [2.05, 4.69) is 0 Å². The van der Waals surface area contributed by atoms with Crippen LogP contribution in [0.15, 0.2) is 42.5 Å². The molecule has 2 N–H and O–H groups in total. The van der Waals surface area contributed by atoms with Crippen LogP contribution in [0.1, 0.15) is 11.6 Å². The van der Waals surface area contributed by atoms with E-state index in [0.717, 1.165) is 16.7 Å². The molecule has 1 aliphatic rings. The smallest absolute Gasteiger partial charge is 0.248 e. The Kier molecular flexibility index (Phi) is 2.61. The molecule has 3 rings (SSSR count). The van der Waals surface area contributed by atoms with Gasteiger partial charge in [0.1, 0.15) is 11.9 Å². The van der Waals surface area contributed by atoms with E-state index in [1.54, 1.807) is 13.1 Å². The van der Waals surface area contributed by atoms with Crippen molar-refractivity contribution in [3.05, 3.63) is 53.8 Å². The molecule has 0 aromatic heterocycles. The summed E-state index contributed by atoms with van der Waals surface area (Å²) in [6.45, 7) is 0. The van der Waals surface area contributed by atoms with Gasteiger partial charge in [-0.3, -0.25) is 4.79 Å². The molecule has 19 heavy (non-hydrogen) atoms. The summed E-state index contributed by atoms with van der Waals surface area (Å²) in [6.07, 6.45) is 0. The molecule has 4 heteroatoms. The molecular formula is C15H13FN2O. The van der Waals surface area contributed by atoms with Crippen molar-refractivity contribution >= 4 is 11.6 Å². The van der Waals surface area contributed by atoms with E-state index in [4.69, 9.17) is 5.73 Å². The third kappa shape index (κ3) is 1.72. The van der Waals surface area contributed by atoms with Gasteiger partial charge in [-0.2, -0.15) is 0 Å². The Morgan fingerprint density at radius 2 is 1.89 bits per heavy atom. The second-order valence-corrected chi connectivity index (χ2v) is 4.62. The summed E-state index contributed by atoms with van der Waals surface area (Å²) in [5, 5.41) is 0. The van der Waals surface area contributed by atoms with Crippen LogP contribution in [0.4, 0.5) is 10.1 Å². The number of nitrogens with two attached hydrogens (primary N) is 1. The third-order valence-electron chi connectivity index (χ3n) is 3.50. The molecule has 0 unspecified atom stereocenters. The van der Waals surface area contributed by atoms with Gasteiger partial charge in [0, 0.05) is 12.6 Å². The topological polar surface area (TPSA) is 46.3 Å². The average Bonchev–Trinajstić information content (AvgIpc) is 2.51. The number of rotatable bonds is 0. The van der Waals surface area contributed by atoms with Crippen LogP contribution in [0.3, 0.4) is 0 Å². The second kappa shape index (κ2) is 4.17. The molecule has 1 atom stereocenters. The van der Waals surface area contributed by atoms with Gasteiger partial charge in [-0.05, 0) is 29.3 Å². The van der Waals surface area contributed by atoms with Crippen molar-refractivity contribution in [1.29, 1.82) is 0 Å². The summed E-state index contributed by atoms with van der Waals surface area (Å²) in [4.78, 5) is 13.7. The van der Waals surface area contributed by atoms with Crippen LogP contribution in [0, 0.1) is 5.82 Å². The number of hydrogen-bond acceptors (Lipinski definition) is 2. The number of carbonyl (C=O) groups excluding carboxylic acids is 1. The van der Waals surface area contributed by atoms with Crippen LogP contribution in [0.5, 0.6) is 0 Å². The lowest BCUT2D eigenvalue weighted by atomic mass is 9.96. The average molecular weight is 256 g/mol. The second-order valence-electron chi connectivity index (χ2n) is 4.62. The number of carbonyl (C=O) groups is 1. The van der Waals surface area contributed by atoms with Crippen molar-refractivity contribution in [2.45, 2.75) is 6.04 Å². The molecule has 2 aromatic carbocycles. The molecule has 0 bridgehead atoms. The first-order valence-electron chi connectivity index (χ1n) is 6.01. The monoisotopic (exact) mass is 256 g/mol. The molecule has 1 aliphatic heterocycles. The highest BCUT2D eigenvalue weighted by Gasteiger charge is 2.29. The first kappa shape index (κ1) is 11.9. The molecule has 0 radical (unpaired) electrons. The number of anilines is 1. The van der Waals surface area contributed by atoms with Gasteiger partial charge in [-0.1, -0.05) is 24.3 Å². The molecule has 0 aliphatic carbocycles. The van der Waals surface area contributed by atoms with Crippen LogP contribution in [0.2, 0.25) is 0 Å². The summed E-state index contributed by atoms with van der Waals surface area (Å²) in [6, 6.07) is 11.2. The number of amides is 1. The Bertz CT molecular complexity index is 669. The normalized spacial score (nSPS) is 17.7. The van der Waals surface area contributed by atoms with Crippen LogP contribution >= 0.6 is 0 Å². The SMILES string of the molecule is CN1C(=O)[C@@H](N)c2ccccc2-c2ccc(F)cc21. The van der Waals surface area contributed by atoms with Crippen molar-refractivity contribution in [3.63, 3.8) is 0 Å². The molecule has 96 valence electrons. The maximum absolute atomic E-state index is 13.4. The van der Waals surface area contributed by atoms with Crippen LogP contribution in [-0.4, -0.2) is 13.0 Å². The quantitative estimate of drug-likeness (QED) is 0.787. The Balaban J connectivity index is 2.36. The Labute approximate surface area is 110 Å². The Morgan fingerprint density at radius 1 is 1.16 bits per heavy atom. The summed E-state index contributed by atoms with van der Waals surface area (Å²) < 4.78 is 13.4. The minimum atomic E-state index is -0.725. The third-order valence-corrected chi connectivity index (χ3v) is 3.50. The zero-order chi connectivity index (χ0) is 13.6. The Morgan fingerprint density at radius 3 is 2.68 bits per heavy atom. The summed E-state index contributed by atoms with van der Waals surface area (Å²) in [5.74, 6) is -0.608. The zero-order valence-corrected chi connectivity index (χ0v) is 10.4. The van der Waals surface area contributed by atoms with Gasteiger partial charge in [0.2, 0.25) is 5.91 Å². The van der Waals surface area contributed by atoms with Crippen molar-refractivity contribution < 1.29 is 9.18 Å². The van der Waals surface area contributed by atoms with Gasteiger partial charge in [0.15, 0.2) is 0 Å².